The van der Waals surface area contributed by atoms with E-state index in [1.807, 2.05) is 0 Å². The lowest BCUT2D eigenvalue weighted by Crippen LogP contribution is -2.43. The zero-order valence-corrected chi connectivity index (χ0v) is 20.9. The second-order valence-electron chi connectivity index (χ2n) is 7.55. The van der Waals surface area contributed by atoms with Crippen molar-refractivity contribution in [3.63, 3.8) is 0 Å². The van der Waals surface area contributed by atoms with Gasteiger partial charge in [0.2, 0.25) is 16.0 Å². The quantitative estimate of drug-likeness (QED) is 0.419. The van der Waals surface area contributed by atoms with Crippen LogP contribution in [0.5, 0.6) is 0 Å². The molecule has 8 nitrogen and oxygen atoms in total. The van der Waals surface area contributed by atoms with E-state index in [4.69, 9.17) is 0 Å². The zero-order valence-electron chi connectivity index (χ0n) is 18.4. The summed E-state index contributed by atoms with van der Waals surface area (Å²) in [4.78, 5) is 8.83. The van der Waals surface area contributed by atoms with E-state index in [0.717, 1.165) is 25.9 Å². The molecule has 0 aliphatic carbocycles. The molecule has 1 aliphatic heterocycles. The zero-order chi connectivity index (χ0) is 22.6. The Balaban J connectivity index is 0.00000204. The number of nitrogens with zero attached hydrogens (tertiary/aromatic N) is 3. The first-order valence-electron chi connectivity index (χ1n) is 10.3. The maximum Gasteiger partial charge on any atom is 0.243 e. The summed E-state index contributed by atoms with van der Waals surface area (Å²) < 4.78 is 40.5. The standard InChI is InChI=1S/C22H25FN6O2S.2ClH/c1-29(19-10-13-24-14-11-19)32(30,31)20-8-6-18(7-9-20)27-22-25-15-12-21(28-22)26-17-4-2-16(23)3-5-17;;/h2-9,12,15,19,24H,10-11,13-14H2,1H3,(H2,25,26,27,28);2*1H. The minimum atomic E-state index is -3.56. The van der Waals surface area contributed by atoms with Crippen LogP contribution in [0.25, 0.3) is 0 Å². The number of piperidine rings is 1. The van der Waals surface area contributed by atoms with E-state index in [1.165, 1.54) is 16.4 Å². The van der Waals surface area contributed by atoms with Gasteiger partial charge in [-0.25, -0.2) is 17.8 Å². The van der Waals surface area contributed by atoms with E-state index in [1.54, 1.807) is 55.7 Å². The molecule has 1 saturated heterocycles. The van der Waals surface area contributed by atoms with Crippen LogP contribution in [0, 0.1) is 5.82 Å². The molecule has 0 atom stereocenters. The average Bonchev–Trinajstić information content (AvgIpc) is 2.81. The number of benzene rings is 2. The highest BCUT2D eigenvalue weighted by Gasteiger charge is 2.28. The van der Waals surface area contributed by atoms with Gasteiger partial charge in [-0.2, -0.15) is 9.29 Å². The third-order valence-electron chi connectivity index (χ3n) is 5.38. The summed E-state index contributed by atoms with van der Waals surface area (Å²) in [5.74, 6) is 0.574. The molecule has 0 amide bonds. The number of halogens is 3. The Bertz CT molecular complexity index is 1160. The highest BCUT2D eigenvalue weighted by molar-refractivity contribution is 7.89. The molecule has 2 aromatic carbocycles. The van der Waals surface area contributed by atoms with Gasteiger partial charge in [0, 0.05) is 30.7 Å². The predicted molar refractivity (Wildman–Crippen MR) is 137 cm³/mol. The van der Waals surface area contributed by atoms with Gasteiger partial charge in [0.1, 0.15) is 11.6 Å². The molecule has 0 unspecified atom stereocenters. The molecule has 0 spiro atoms. The summed E-state index contributed by atoms with van der Waals surface area (Å²) in [5, 5.41) is 9.40. The van der Waals surface area contributed by atoms with Crippen molar-refractivity contribution >= 4 is 58.0 Å². The maximum atomic E-state index is 13.1. The molecule has 0 saturated carbocycles. The van der Waals surface area contributed by atoms with Crippen molar-refractivity contribution < 1.29 is 12.8 Å². The van der Waals surface area contributed by atoms with Crippen molar-refractivity contribution in [2.24, 2.45) is 0 Å². The Morgan fingerprint density at radius 3 is 2.18 bits per heavy atom. The second-order valence-corrected chi connectivity index (χ2v) is 9.55. The van der Waals surface area contributed by atoms with Crippen LogP contribution in [0.1, 0.15) is 12.8 Å². The monoisotopic (exact) mass is 528 g/mol. The van der Waals surface area contributed by atoms with Crippen LogP contribution >= 0.6 is 24.8 Å². The van der Waals surface area contributed by atoms with E-state index >= 15 is 0 Å². The molecule has 3 aromatic rings. The SMILES string of the molecule is CN(C1CCNCC1)S(=O)(=O)c1ccc(Nc2nccc(Nc3ccc(F)cc3)n2)cc1.Cl.Cl. The van der Waals surface area contributed by atoms with E-state index in [9.17, 15) is 12.8 Å². The smallest absolute Gasteiger partial charge is 0.243 e. The normalized spacial score (nSPS) is 14.1. The van der Waals surface area contributed by atoms with E-state index in [2.05, 4.69) is 25.9 Å². The number of hydrogen-bond donors (Lipinski definition) is 3. The maximum absolute atomic E-state index is 13.1. The number of anilines is 4. The van der Waals surface area contributed by atoms with Gasteiger partial charge in [-0.05, 0) is 80.5 Å². The topological polar surface area (TPSA) is 99.3 Å². The van der Waals surface area contributed by atoms with Crippen LogP contribution in [-0.4, -0.2) is 48.9 Å². The first kappa shape index (κ1) is 27.7. The van der Waals surface area contributed by atoms with Crippen LogP contribution < -0.4 is 16.0 Å². The van der Waals surface area contributed by atoms with Gasteiger partial charge in [-0.3, -0.25) is 0 Å². The second kappa shape index (κ2) is 12.3. The highest BCUT2D eigenvalue weighted by atomic mass is 35.5. The molecule has 12 heteroatoms. The third kappa shape index (κ3) is 6.77. The summed E-state index contributed by atoms with van der Waals surface area (Å²) in [6, 6.07) is 14.2. The van der Waals surface area contributed by atoms with Crippen LogP contribution in [0.4, 0.5) is 27.5 Å². The first-order valence-corrected chi connectivity index (χ1v) is 11.8. The van der Waals surface area contributed by atoms with E-state index < -0.39 is 10.0 Å². The Morgan fingerprint density at radius 2 is 1.53 bits per heavy atom. The Hall–Kier alpha value is -2.50. The first-order chi connectivity index (χ1) is 15.4. The summed E-state index contributed by atoms with van der Waals surface area (Å²) >= 11 is 0. The Kier molecular flexibility index (Phi) is 10.0. The molecular formula is C22H27Cl2FN6O2S. The van der Waals surface area contributed by atoms with Crippen molar-refractivity contribution in [3.05, 3.63) is 66.6 Å². The van der Waals surface area contributed by atoms with Crippen molar-refractivity contribution in [1.29, 1.82) is 0 Å². The molecular weight excluding hydrogens is 502 g/mol. The number of hydrogen-bond acceptors (Lipinski definition) is 7. The number of aromatic nitrogens is 2. The molecule has 0 bridgehead atoms. The average molecular weight is 529 g/mol. The molecule has 3 N–H and O–H groups in total. The molecule has 34 heavy (non-hydrogen) atoms. The summed E-state index contributed by atoms with van der Waals surface area (Å²) in [6.07, 6.45) is 3.19. The summed E-state index contributed by atoms with van der Waals surface area (Å²) in [6.45, 7) is 1.64. The van der Waals surface area contributed by atoms with Gasteiger partial charge in [0.15, 0.2) is 0 Å². The minimum Gasteiger partial charge on any atom is -0.340 e. The van der Waals surface area contributed by atoms with Crippen molar-refractivity contribution in [2.45, 2.75) is 23.8 Å². The van der Waals surface area contributed by atoms with Gasteiger partial charge in [-0.1, -0.05) is 0 Å². The number of sulfonamides is 1. The molecule has 1 aromatic heterocycles. The molecule has 4 rings (SSSR count). The van der Waals surface area contributed by atoms with Gasteiger partial charge in [0.25, 0.3) is 0 Å². The summed E-state index contributed by atoms with van der Waals surface area (Å²) in [7, 11) is -1.92. The fourth-order valence-corrected chi connectivity index (χ4v) is 4.96. The van der Waals surface area contributed by atoms with Crippen molar-refractivity contribution in [1.82, 2.24) is 19.6 Å². The van der Waals surface area contributed by atoms with Crippen LogP contribution in [0.3, 0.4) is 0 Å². The largest absolute Gasteiger partial charge is 0.340 e. The fraction of sp³-hybridized carbons (Fsp3) is 0.273. The van der Waals surface area contributed by atoms with Gasteiger partial charge >= 0.3 is 0 Å². The van der Waals surface area contributed by atoms with Crippen LogP contribution in [0.15, 0.2) is 65.7 Å². The lowest BCUT2D eigenvalue weighted by Gasteiger charge is -2.30. The van der Waals surface area contributed by atoms with Gasteiger partial charge in [0.05, 0.1) is 4.90 Å². The third-order valence-corrected chi connectivity index (χ3v) is 7.31. The van der Waals surface area contributed by atoms with E-state index in [0.29, 0.717) is 23.1 Å². The Morgan fingerprint density at radius 1 is 0.941 bits per heavy atom. The van der Waals surface area contributed by atoms with Crippen molar-refractivity contribution in [2.75, 3.05) is 30.8 Å². The van der Waals surface area contributed by atoms with Gasteiger partial charge in [-0.15, -0.1) is 24.8 Å². The molecule has 1 aliphatic rings. The Labute approximate surface area is 211 Å². The fourth-order valence-electron chi connectivity index (χ4n) is 3.54. The minimum absolute atomic E-state index is 0. The van der Waals surface area contributed by atoms with E-state index in [-0.39, 0.29) is 41.6 Å². The van der Waals surface area contributed by atoms with Crippen LogP contribution in [0.2, 0.25) is 0 Å². The van der Waals surface area contributed by atoms with Gasteiger partial charge < -0.3 is 16.0 Å². The molecule has 1 fully saturated rings. The van der Waals surface area contributed by atoms with Crippen LogP contribution in [-0.2, 0) is 10.0 Å². The predicted octanol–water partition coefficient (Wildman–Crippen LogP) is 4.32. The van der Waals surface area contributed by atoms with Crippen molar-refractivity contribution in [3.8, 4) is 0 Å². The molecule has 2 heterocycles. The molecule has 0 radical (unpaired) electrons. The number of nitrogens with one attached hydrogen (secondary N) is 3. The summed E-state index contributed by atoms with van der Waals surface area (Å²) in [5.41, 5.74) is 1.36. The lowest BCUT2D eigenvalue weighted by atomic mass is 10.1. The number of rotatable bonds is 7. The lowest BCUT2D eigenvalue weighted by molar-refractivity contribution is 0.296. The molecule has 184 valence electrons. The highest BCUT2D eigenvalue weighted by Crippen LogP contribution is 2.23.